The van der Waals surface area contributed by atoms with Gasteiger partial charge >= 0.3 is 0 Å². The van der Waals surface area contributed by atoms with E-state index in [4.69, 9.17) is 23.9 Å². The molecular weight excluding hydrogens is 592 g/mol. The van der Waals surface area contributed by atoms with Crippen LogP contribution in [0.2, 0.25) is 0 Å². The van der Waals surface area contributed by atoms with Crippen molar-refractivity contribution in [1.82, 2.24) is 20.1 Å². The van der Waals surface area contributed by atoms with Crippen molar-refractivity contribution in [3.05, 3.63) is 146 Å². The van der Waals surface area contributed by atoms with Crippen LogP contribution in [0.15, 0.2) is 155 Å². The number of fused-ring (bicyclic) bond motifs is 8. The van der Waals surface area contributed by atoms with E-state index in [1.807, 2.05) is 78.9 Å². The summed E-state index contributed by atoms with van der Waals surface area (Å²) in [5.41, 5.74) is 6.90. The standard InChI is InChI=1S/C42H24N4O2/c1-3-10-27(11-4-1)38-32-23-22-26-20-18-25-19-21-29(24-33(25)36(26)39(32)48-46-38)41-43-40(28-12-5-2-6-13-28)44-42(45-41)31-15-9-17-35-37(31)30-14-7-8-16-34(30)47-35/h1-24H. The molecule has 0 amide bonds. The number of nitrogens with zero attached hydrogens (tertiary/aromatic N) is 4. The predicted molar refractivity (Wildman–Crippen MR) is 191 cm³/mol. The third kappa shape index (κ3) is 4.13. The first-order chi connectivity index (χ1) is 23.8. The van der Waals surface area contributed by atoms with Gasteiger partial charge in [-0.05, 0) is 40.4 Å². The molecule has 0 N–H and O–H groups in total. The highest BCUT2D eigenvalue weighted by Gasteiger charge is 2.19. The summed E-state index contributed by atoms with van der Waals surface area (Å²) in [5, 5.41) is 11.7. The Bertz CT molecular complexity index is 2840. The molecule has 7 aromatic carbocycles. The number of hydrogen-bond donors (Lipinski definition) is 0. The van der Waals surface area contributed by atoms with Crippen LogP contribution in [0.25, 0.3) is 99.9 Å². The Morgan fingerprint density at radius 3 is 1.94 bits per heavy atom. The maximum absolute atomic E-state index is 6.21. The molecule has 0 radical (unpaired) electrons. The molecule has 3 aromatic heterocycles. The molecule has 0 spiro atoms. The predicted octanol–water partition coefficient (Wildman–Crippen LogP) is 10.9. The van der Waals surface area contributed by atoms with E-state index in [0.29, 0.717) is 17.5 Å². The maximum Gasteiger partial charge on any atom is 0.175 e. The Labute approximate surface area is 273 Å². The van der Waals surface area contributed by atoms with Crippen LogP contribution in [-0.2, 0) is 0 Å². The van der Waals surface area contributed by atoms with E-state index in [2.05, 4.69) is 71.9 Å². The first-order valence-electron chi connectivity index (χ1n) is 15.8. The Kier molecular flexibility index (Phi) is 5.77. The summed E-state index contributed by atoms with van der Waals surface area (Å²) >= 11 is 0. The summed E-state index contributed by atoms with van der Waals surface area (Å²) < 4.78 is 12.3. The smallest absolute Gasteiger partial charge is 0.175 e. The summed E-state index contributed by atoms with van der Waals surface area (Å²) in [4.78, 5) is 15.2. The van der Waals surface area contributed by atoms with Gasteiger partial charge in [0.25, 0.3) is 0 Å². The van der Waals surface area contributed by atoms with Crippen molar-refractivity contribution in [1.29, 1.82) is 0 Å². The number of aromatic nitrogens is 4. The van der Waals surface area contributed by atoms with Crippen molar-refractivity contribution in [3.63, 3.8) is 0 Å². The molecule has 6 nitrogen and oxygen atoms in total. The molecule has 6 heteroatoms. The molecule has 224 valence electrons. The minimum Gasteiger partial charge on any atom is -0.456 e. The molecule has 0 fully saturated rings. The van der Waals surface area contributed by atoms with Gasteiger partial charge < -0.3 is 8.94 Å². The second kappa shape index (κ2) is 10.4. The summed E-state index contributed by atoms with van der Waals surface area (Å²) in [6.07, 6.45) is 0. The lowest BCUT2D eigenvalue weighted by atomic mass is 9.97. The van der Waals surface area contributed by atoms with Crippen molar-refractivity contribution in [2.24, 2.45) is 0 Å². The van der Waals surface area contributed by atoms with E-state index in [1.54, 1.807) is 0 Å². The Balaban J connectivity index is 1.22. The van der Waals surface area contributed by atoms with E-state index in [-0.39, 0.29) is 0 Å². The van der Waals surface area contributed by atoms with Crippen LogP contribution >= 0.6 is 0 Å². The van der Waals surface area contributed by atoms with Crippen molar-refractivity contribution in [2.45, 2.75) is 0 Å². The van der Waals surface area contributed by atoms with Gasteiger partial charge in [-0.2, -0.15) is 0 Å². The highest BCUT2D eigenvalue weighted by molar-refractivity contribution is 6.20. The van der Waals surface area contributed by atoms with Gasteiger partial charge in [0.1, 0.15) is 16.9 Å². The maximum atomic E-state index is 6.21. The Hall–Kier alpha value is -6.66. The van der Waals surface area contributed by atoms with Crippen LogP contribution in [-0.4, -0.2) is 20.1 Å². The monoisotopic (exact) mass is 616 g/mol. The largest absolute Gasteiger partial charge is 0.456 e. The lowest BCUT2D eigenvalue weighted by Gasteiger charge is -2.11. The molecule has 0 unspecified atom stereocenters. The molecular formula is C42H24N4O2. The fourth-order valence-electron chi connectivity index (χ4n) is 6.78. The van der Waals surface area contributed by atoms with Gasteiger partial charge in [0.2, 0.25) is 0 Å². The third-order valence-electron chi connectivity index (χ3n) is 9.05. The van der Waals surface area contributed by atoms with Crippen molar-refractivity contribution in [2.75, 3.05) is 0 Å². The topological polar surface area (TPSA) is 77.8 Å². The normalized spacial score (nSPS) is 11.8. The highest BCUT2D eigenvalue weighted by Crippen LogP contribution is 2.39. The van der Waals surface area contributed by atoms with E-state index >= 15 is 0 Å². The van der Waals surface area contributed by atoms with E-state index in [0.717, 1.165) is 82.4 Å². The minimum atomic E-state index is 0.581. The number of benzene rings is 7. The van der Waals surface area contributed by atoms with Crippen LogP contribution in [0.5, 0.6) is 0 Å². The zero-order valence-electron chi connectivity index (χ0n) is 25.5. The van der Waals surface area contributed by atoms with Gasteiger partial charge in [-0.3, -0.25) is 0 Å². The summed E-state index contributed by atoms with van der Waals surface area (Å²) in [6, 6.07) is 49.1. The number of hydrogen-bond acceptors (Lipinski definition) is 6. The summed E-state index contributed by atoms with van der Waals surface area (Å²) in [5.74, 6) is 1.76. The Morgan fingerprint density at radius 2 is 1.08 bits per heavy atom. The lowest BCUT2D eigenvalue weighted by Crippen LogP contribution is -2.00. The summed E-state index contributed by atoms with van der Waals surface area (Å²) in [6.45, 7) is 0. The molecule has 0 aliphatic rings. The second-order valence-electron chi connectivity index (χ2n) is 11.9. The quantitative estimate of drug-likeness (QED) is 0.183. The number of para-hydroxylation sites is 1. The lowest BCUT2D eigenvalue weighted by molar-refractivity contribution is 0.462. The zero-order valence-corrected chi connectivity index (χ0v) is 25.5. The second-order valence-corrected chi connectivity index (χ2v) is 11.9. The van der Waals surface area contributed by atoms with E-state index < -0.39 is 0 Å². The Morgan fingerprint density at radius 1 is 0.417 bits per heavy atom. The molecule has 48 heavy (non-hydrogen) atoms. The van der Waals surface area contributed by atoms with Crippen LogP contribution in [0.4, 0.5) is 0 Å². The molecule has 0 saturated carbocycles. The SMILES string of the molecule is c1ccc(-c2nc(-c3ccc4ccc5ccc6c(-c7ccccc7)noc6c5c4c3)nc(-c3cccc4oc5ccccc5c34)n2)cc1. The molecule has 0 aliphatic carbocycles. The van der Waals surface area contributed by atoms with Crippen LogP contribution in [0.1, 0.15) is 0 Å². The van der Waals surface area contributed by atoms with Crippen LogP contribution in [0, 0.1) is 0 Å². The van der Waals surface area contributed by atoms with Gasteiger partial charge in [0, 0.05) is 38.4 Å². The molecule has 0 atom stereocenters. The average molecular weight is 617 g/mol. The van der Waals surface area contributed by atoms with Crippen LogP contribution in [0.3, 0.4) is 0 Å². The third-order valence-corrected chi connectivity index (χ3v) is 9.05. The van der Waals surface area contributed by atoms with Crippen LogP contribution < -0.4 is 0 Å². The number of rotatable bonds is 4. The van der Waals surface area contributed by atoms with Gasteiger partial charge in [0.05, 0.1) is 5.39 Å². The van der Waals surface area contributed by atoms with Gasteiger partial charge in [0.15, 0.2) is 23.1 Å². The van der Waals surface area contributed by atoms with Gasteiger partial charge in [-0.1, -0.05) is 126 Å². The molecule has 10 rings (SSSR count). The number of furan rings is 1. The van der Waals surface area contributed by atoms with Crippen molar-refractivity contribution in [3.8, 4) is 45.4 Å². The van der Waals surface area contributed by atoms with E-state index in [1.165, 1.54) is 0 Å². The first kappa shape index (κ1) is 26.5. The molecule has 0 bridgehead atoms. The zero-order chi connectivity index (χ0) is 31.6. The molecule has 0 saturated heterocycles. The molecule has 0 aliphatic heterocycles. The highest BCUT2D eigenvalue weighted by atomic mass is 16.5. The fourth-order valence-corrected chi connectivity index (χ4v) is 6.78. The fraction of sp³-hybridized carbons (Fsp3) is 0. The van der Waals surface area contributed by atoms with E-state index in [9.17, 15) is 0 Å². The molecule has 3 heterocycles. The first-order valence-corrected chi connectivity index (χ1v) is 15.8. The van der Waals surface area contributed by atoms with Crippen molar-refractivity contribution >= 4 is 54.5 Å². The minimum absolute atomic E-state index is 0.581. The molecule has 10 aromatic rings. The van der Waals surface area contributed by atoms with Gasteiger partial charge in [-0.15, -0.1) is 0 Å². The average Bonchev–Trinajstić information content (AvgIpc) is 3.77. The van der Waals surface area contributed by atoms with Gasteiger partial charge in [-0.25, -0.2) is 15.0 Å². The van der Waals surface area contributed by atoms with Crippen molar-refractivity contribution < 1.29 is 8.94 Å². The summed E-state index contributed by atoms with van der Waals surface area (Å²) in [7, 11) is 0.